The number of fused-ring (bicyclic) bond motifs is 1. The molecule has 1 aliphatic rings. The molecular weight excluding hydrogens is 326 g/mol. The van der Waals surface area contributed by atoms with Gasteiger partial charge < -0.3 is 5.73 Å². The summed E-state index contributed by atoms with van der Waals surface area (Å²) >= 11 is 2.87. The molecule has 0 radical (unpaired) electrons. The third kappa shape index (κ3) is 2.98. The number of sulfonamides is 1. The fourth-order valence-electron chi connectivity index (χ4n) is 2.46. The Morgan fingerprint density at radius 3 is 2.76 bits per heavy atom. The fourth-order valence-corrected chi connectivity index (χ4v) is 6.26. The lowest BCUT2D eigenvalue weighted by molar-refractivity contribution is 0.601. The van der Waals surface area contributed by atoms with E-state index >= 15 is 0 Å². The van der Waals surface area contributed by atoms with Gasteiger partial charge in [-0.2, -0.15) is 0 Å². The number of anilines is 1. The van der Waals surface area contributed by atoms with Crippen molar-refractivity contribution >= 4 is 37.8 Å². The van der Waals surface area contributed by atoms with Crippen molar-refractivity contribution < 1.29 is 8.42 Å². The summed E-state index contributed by atoms with van der Waals surface area (Å²) in [7, 11) is -3.58. The van der Waals surface area contributed by atoms with E-state index in [1.54, 1.807) is 13.0 Å². The lowest BCUT2D eigenvalue weighted by Crippen LogP contribution is -2.13. The smallest absolute Gasteiger partial charge is 0.264 e. The number of hydrogen-bond donors (Lipinski definition) is 2. The topological polar surface area (TPSA) is 85.1 Å². The second kappa shape index (κ2) is 5.68. The molecule has 114 valence electrons. The van der Waals surface area contributed by atoms with E-state index in [1.807, 2.05) is 0 Å². The van der Waals surface area contributed by atoms with E-state index in [1.165, 1.54) is 27.6 Å². The predicted octanol–water partition coefficient (Wildman–Crippen LogP) is 2.65. The Morgan fingerprint density at radius 2 is 2.10 bits per heavy atom. The van der Waals surface area contributed by atoms with Gasteiger partial charge >= 0.3 is 0 Å². The van der Waals surface area contributed by atoms with Crippen LogP contribution in [0.15, 0.2) is 11.0 Å². The molecule has 0 aliphatic heterocycles. The maximum Gasteiger partial charge on any atom is 0.264 e. The van der Waals surface area contributed by atoms with Crippen molar-refractivity contribution in [2.24, 2.45) is 5.73 Å². The minimum Gasteiger partial charge on any atom is -0.326 e. The van der Waals surface area contributed by atoms with Gasteiger partial charge in [-0.1, -0.05) is 0 Å². The average Bonchev–Trinajstić information content (AvgIpc) is 3.00. The highest BCUT2D eigenvalue weighted by Crippen LogP contribution is 2.32. The first-order valence-electron chi connectivity index (χ1n) is 6.80. The van der Waals surface area contributed by atoms with Crippen molar-refractivity contribution in [1.29, 1.82) is 0 Å². The van der Waals surface area contributed by atoms with Crippen LogP contribution in [-0.4, -0.2) is 13.4 Å². The number of nitrogens with zero attached hydrogens (tertiary/aromatic N) is 1. The number of rotatable bonds is 4. The van der Waals surface area contributed by atoms with Gasteiger partial charge in [-0.15, -0.1) is 22.7 Å². The van der Waals surface area contributed by atoms with E-state index in [9.17, 15) is 8.42 Å². The summed E-state index contributed by atoms with van der Waals surface area (Å²) in [6.45, 7) is 2.15. The molecule has 3 rings (SSSR count). The third-order valence-corrected chi connectivity index (χ3v) is 7.35. The minimum atomic E-state index is -3.58. The van der Waals surface area contributed by atoms with Gasteiger partial charge in [0.05, 0.1) is 5.69 Å². The molecule has 0 unspecified atom stereocenters. The van der Waals surface area contributed by atoms with Crippen LogP contribution in [0.5, 0.6) is 0 Å². The summed E-state index contributed by atoms with van der Waals surface area (Å²) in [6.07, 6.45) is 4.24. The largest absolute Gasteiger partial charge is 0.326 e. The van der Waals surface area contributed by atoms with E-state index in [0.717, 1.165) is 41.1 Å². The molecule has 0 bridgehead atoms. The molecular formula is C13H17N3O2S3. The molecule has 2 aromatic heterocycles. The van der Waals surface area contributed by atoms with Crippen LogP contribution in [0, 0.1) is 6.92 Å². The maximum atomic E-state index is 12.5. The second-order valence-electron chi connectivity index (χ2n) is 5.04. The molecule has 8 heteroatoms. The van der Waals surface area contributed by atoms with E-state index in [2.05, 4.69) is 9.71 Å². The highest BCUT2D eigenvalue weighted by atomic mass is 32.2. The molecule has 0 amide bonds. The molecule has 3 N–H and O–H groups in total. The zero-order valence-electron chi connectivity index (χ0n) is 11.7. The van der Waals surface area contributed by atoms with Crippen molar-refractivity contribution in [1.82, 2.24) is 4.98 Å². The number of nitrogens with one attached hydrogen (secondary N) is 1. The average molecular weight is 343 g/mol. The lowest BCUT2D eigenvalue weighted by Gasteiger charge is -2.06. The van der Waals surface area contributed by atoms with Gasteiger partial charge in [0.2, 0.25) is 0 Å². The zero-order valence-corrected chi connectivity index (χ0v) is 14.1. The summed E-state index contributed by atoms with van der Waals surface area (Å²) in [5, 5.41) is 0.474. The van der Waals surface area contributed by atoms with Gasteiger partial charge in [0, 0.05) is 21.2 Å². The predicted molar refractivity (Wildman–Crippen MR) is 86.5 cm³/mol. The number of aromatic nitrogens is 1. The van der Waals surface area contributed by atoms with E-state index < -0.39 is 10.0 Å². The van der Waals surface area contributed by atoms with Crippen molar-refractivity contribution in [3.05, 3.63) is 26.4 Å². The lowest BCUT2D eigenvalue weighted by atomic mass is 10.0. The zero-order chi connectivity index (χ0) is 15.0. The van der Waals surface area contributed by atoms with E-state index in [4.69, 9.17) is 5.73 Å². The quantitative estimate of drug-likeness (QED) is 0.894. The molecule has 2 heterocycles. The molecule has 5 nitrogen and oxygen atoms in total. The van der Waals surface area contributed by atoms with Crippen LogP contribution in [0.1, 0.15) is 33.2 Å². The molecule has 2 aromatic rings. The Labute approximate surface area is 132 Å². The van der Waals surface area contributed by atoms with Gasteiger partial charge in [-0.25, -0.2) is 13.4 Å². The highest BCUT2D eigenvalue weighted by Gasteiger charge is 2.23. The molecule has 0 saturated heterocycles. The van der Waals surface area contributed by atoms with Gasteiger partial charge in [-0.3, -0.25) is 4.72 Å². The van der Waals surface area contributed by atoms with Gasteiger partial charge in [-0.05, 0) is 38.7 Å². The van der Waals surface area contributed by atoms with Gasteiger partial charge in [0.25, 0.3) is 10.0 Å². The number of thiophene rings is 1. The molecule has 1 aliphatic carbocycles. The van der Waals surface area contributed by atoms with Crippen molar-refractivity contribution in [2.75, 3.05) is 4.72 Å². The van der Waals surface area contributed by atoms with Gasteiger partial charge in [0.15, 0.2) is 5.13 Å². The number of aryl methyl sites for hydroxylation is 3. The Balaban J connectivity index is 1.88. The Kier molecular flexibility index (Phi) is 4.04. The summed E-state index contributed by atoms with van der Waals surface area (Å²) < 4.78 is 27.6. The van der Waals surface area contributed by atoms with E-state index in [0.29, 0.717) is 16.6 Å². The first-order valence-corrected chi connectivity index (χ1v) is 9.92. The van der Waals surface area contributed by atoms with Crippen LogP contribution >= 0.6 is 22.7 Å². The minimum absolute atomic E-state index is 0.307. The third-order valence-electron chi connectivity index (χ3n) is 3.48. The number of hydrogen-bond acceptors (Lipinski definition) is 6. The summed E-state index contributed by atoms with van der Waals surface area (Å²) in [5.41, 5.74) is 6.63. The number of nitrogens with two attached hydrogens (primary N) is 1. The molecule has 21 heavy (non-hydrogen) atoms. The normalized spacial score (nSPS) is 15.0. The molecule has 0 fully saturated rings. The highest BCUT2D eigenvalue weighted by molar-refractivity contribution is 7.93. The first kappa shape index (κ1) is 15.0. The maximum absolute atomic E-state index is 12.5. The van der Waals surface area contributed by atoms with E-state index in [-0.39, 0.29) is 0 Å². The van der Waals surface area contributed by atoms with Crippen LogP contribution < -0.4 is 10.5 Å². The van der Waals surface area contributed by atoms with Gasteiger partial charge in [0.1, 0.15) is 4.90 Å². The van der Waals surface area contributed by atoms with Crippen molar-refractivity contribution in [2.45, 2.75) is 44.0 Å². The monoisotopic (exact) mass is 343 g/mol. The van der Waals surface area contributed by atoms with Crippen molar-refractivity contribution in [3.8, 4) is 0 Å². The van der Waals surface area contributed by atoms with Crippen LogP contribution in [0.3, 0.4) is 0 Å². The standard InChI is InChI=1S/C13H17N3O2S3/c1-8-12(6-9(7-14)19-8)21(17,18)16-13-15-10-4-2-3-5-11(10)20-13/h6H,2-5,7,14H2,1H3,(H,15,16). The first-order chi connectivity index (χ1) is 9.99. The van der Waals surface area contributed by atoms with Crippen LogP contribution in [0.4, 0.5) is 5.13 Å². The SMILES string of the molecule is Cc1sc(CN)cc1S(=O)(=O)Nc1nc2c(s1)CCCC2. The Morgan fingerprint density at radius 1 is 1.33 bits per heavy atom. The van der Waals surface area contributed by atoms with Crippen molar-refractivity contribution in [3.63, 3.8) is 0 Å². The van der Waals surface area contributed by atoms with Crippen LogP contribution in [-0.2, 0) is 29.4 Å². The molecule has 0 saturated carbocycles. The molecule has 0 atom stereocenters. The summed E-state index contributed by atoms with van der Waals surface area (Å²) in [6, 6.07) is 1.65. The Bertz CT molecular complexity index is 738. The second-order valence-corrected chi connectivity index (χ2v) is 9.11. The Hall–Kier alpha value is -0.960. The van der Waals surface area contributed by atoms with Crippen LogP contribution in [0.25, 0.3) is 0 Å². The van der Waals surface area contributed by atoms with Crippen LogP contribution in [0.2, 0.25) is 0 Å². The molecule has 0 spiro atoms. The molecule has 0 aromatic carbocycles. The number of thiazole rings is 1. The fraction of sp³-hybridized carbons (Fsp3) is 0.462. The summed E-state index contributed by atoms with van der Waals surface area (Å²) in [5.74, 6) is 0. The summed E-state index contributed by atoms with van der Waals surface area (Å²) in [4.78, 5) is 7.56.